The molecule has 2 aromatic rings. The number of benzene rings is 1. The van der Waals surface area contributed by atoms with Gasteiger partial charge in [0.15, 0.2) is 5.82 Å². The Morgan fingerprint density at radius 2 is 1.95 bits per heavy atom. The molecule has 2 rings (SSSR count). The standard InChI is InChI=1S/C15H21N5/c1-3-13-18-14(4-2)20(19-13)10-12(15(16)17)11-8-6-5-7-9-11/h5-9,12H,3-4,10H2,1-2H3,(H3,16,17). The highest BCUT2D eigenvalue weighted by Gasteiger charge is 2.18. The molecule has 0 bridgehead atoms. The van der Waals surface area contributed by atoms with E-state index in [9.17, 15) is 0 Å². The molecule has 20 heavy (non-hydrogen) atoms. The van der Waals surface area contributed by atoms with Crippen molar-refractivity contribution in [3.63, 3.8) is 0 Å². The summed E-state index contributed by atoms with van der Waals surface area (Å²) in [7, 11) is 0. The van der Waals surface area contributed by atoms with Crippen molar-refractivity contribution in [2.24, 2.45) is 5.73 Å². The van der Waals surface area contributed by atoms with Gasteiger partial charge in [0.1, 0.15) is 11.7 Å². The van der Waals surface area contributed by atoms with Gasteiger partial charge in [0, 0.05) is 12.8 Å². The summed E-state index contributed by atoms with van der Waals surface area (Å²) in [6.45, 7) is 4.67. The van der Waals surface area contributed by atoms with E-state index in [4.69, 9.17) is 11.1 Å². The molecule has 106 valence electrons. The van der Waals surface area contributed by atoms with E-state index in [1.54, 1.807) is 0 Å². The molecule has 0 aliphatic carbocycles. The number of nitrogens with two attached hydrogens (primary N) is 1. The molecule has 5 heteroatoms. The number of nitrogens with zero attached hydrogens (tertiary/aromatic N) is 3. The number of nitrogens with one attached hydrogen (secondary N) is 1. The van der Waals surface area contributed by atoms with Crippen LogP contribution in [0.4, 0.5) is 0 Å². The summed E-state index contributed by atoms with van der Waals surface area (Å²) in [6.07, 6.45) is 1.64. The van der Waals surface area contributed by atoms with Crippen molar-refractivity contribution in [2.75, 3.05) is 0 Å². The Bertz CT molecular complexity index is 573. The van der Waals surface area contributed by atoms with Crippen LogP contribution in [0.3, 0.4) is 0 Å². The van der Waals surface area contributed by atoms with E-state index >= 15 is 0 Å². The lowest BCUT2D eigenvalue weighted by atomic mass is 9.98. The second-order valence-electron chi connectivity index (χ2n) is 4.75. The van der Waals surface area contributed by atoms with Gasteiger partial charge in [0.05, 0.1) is 12.5 Å². The molecular weight excluding hydrogens is 250 g/mol. The second kappa shape index (κ2) is 6.32. The van der Waals surface area contributed by atoms with E-state index in [2.05, 4.69) is 17.0 Å². The molecule has 0 saturated carbocycles. The van der Waals surface area contributed by atoms with Crippen LogP contribution in [-0.2, 0) is 19.4 Å². The van der Waals surface area contributed by atoms with Crippen LogP contribution in [0.2, 0.25) is 0 Å². The van der Waals surface area contributed by atoms with Crippen LogP contribution in [0.25, 0.3) is 0 Å². The summed E-state index contributed by atoms with van der Waals surface area (Å²) in [4.78, 5) is 4.49. The van der Waals surface area contributed by atoms with E-state index in [1.807, 2.05) is 41.9 Å². The van der Waals surface area contributed by atoms with E-state index < -0.39 is 0 Å². The predicted molar refractivity (Wildman–Crippen MR) is 79.9 cm³/mol. The quantitative estimate of drug-likeness (QED) is 0.624. The number of amidine groups is 1. The highest BCUT2D eigenvalue weighted by Crippen LogP contribution is 2.18. The van der Waals surface area contributed by atoms with Gasteiger partial charge in [-0.05, 0) is 5.56 Å². The molecule has 0 spiro atoms. The third-order valence-electron chi connectivity index (χ3n) is 3.36. The normalized spacial score (nSPS) is 12.3. The third kappa shape index (κ3) is 3.04. The number of rotatable bonds is 6. The molecule has 3 N–H and O–H groups in total. The topological polar surface area (TPSA) is 80.6 Å². The summed E-state index contributed by atoms with van der Waals surface area (Å²) >= 11 is 0. The van der Waals surface area contributed by atoms with Gasteiger partial charge in [-0.1, -0.05) is 44.2 Å². The fourth-order valence-electron chi connectivity index (χ4n) is 2.23. The van der Waals surface area contributed by atoms with Gasteiger partial charge in [-0.25, -0.2) is 9.67 Å². The Balaban J connectivity index is 2.29. The Labute approximate surface area is 119 Å². The summed E-state index contributed by atoms with van der Waals surface area (Å²) in [6, 6.07) is 9.88. The zero-order chi connectivity index (χ0) is 14.5. The summed E-state index contributed by atoms with van der Waals surface area (Å²) in [5, 5.41) is 12.3. The average molecular weight is 271 g/mol. The van der Waals surface area contributed by atoms with Crippen LogP contribution in [0, 0.1) is 5.41 Å². The SMILES string of the molecule is CCc1nc(CC)n(CC(C(=N)N)c2ccccc2)n1. The van der Waals surface area contributed by atoms with Crippen LogP contribution in [0.5, 0.6) is 0 Å². The lowest BCUT2D eigenvalue weighted by molar-refractivity contribution is 0.554. The maximum atomic E-state index is 7.83. The van der Waals surface area contributed by atoms with Crippen LogP contribution < -0.4 is 5.73 Å². The monoisotopic (exact) mass is 271 g/mol. The smallest absolute Gasteiger partial charge is 0.150 e. The van der Waals surface area contributed by atoms with Crippen LogP contribution >= 0.6 is 0 Å². The van der Waals surface area contributed by atoms with E-state index in [0.717, 1.165) is 30.1 Å². The fraction of sp³-hybridized carbons (Fsp3) is 0.400. The van der Waals surface area contributed by atoms with Crippen LogP contribution in [-0.4, -0.2) is 20.6 Å². The average Bonchev–Trinajstić information content (AvgIpc) is 2.87. The van der Waals surface area contributed by atoms with Gasteiger partial charge < -0.3 is 5.73 Å². The minimum absolute atomic E-state index is 0.159. The van der Waals surface area contributed by atoms with Crippen molar-refractivity contribution in [2.45, 2.75) is 39.2 Å². The highest BCUT2D eigenvalue weighted by molar-refractivity contribution is 5.84. The molecule has 0 aliphatic heterocycles. The van der Waals surface area contributed by atoms with Crippen molar-refractivity contribution in [1.82, 2.24) is 14.8 Å². The molecule has 1 aromatic carbocycles. The van der Waals surface area contributed by atoms with E-state index in [-0.39, 0.29) is 11.8 Å². The first-order chi connectivity index (χ1) is 9.65. The van der Waals surface area contributed by atoms with Gasteiger partial charge in [-0.2, -0.15) is 5.10 Å². The Hall–Kier alpha value is -2.17. The number of hydrogen-bond acceptors (Lipinski definition) is 3. The van der Waals surface area contributed by atoms with Crippen molar-refractivity contribution < 1.29 is 0 Å². The van der Waals surface area contributed by atoms with Gasteiger partial charge in [-0.3, -0.25) is 5.41 Å². The first-order valence-electron chi connectivity index (χ1n) is 6.97. The number of aromatic nitrogens is 3. The zero-order valence-corrected chi connectivity index (χ0v) is 12.0. The molecule has 1 unspecified atom stereocenters. The Morgan fingerprint density at radius 1 is 1.25 bits per heavy atom. The molecule has 0 radical (unpaired) electrons. The van der Waals surface area contributed by atoms with Crippen molar-refractivity contribution in [3.05, 3.63) is 47.5 Å². The van der Waals surface area contributed by atoms with Crippen LogP contribution in [0.1, 0.15) is 37.0 Å². The molecule has 1 heterocycles. The van der Waals surface area contributed by atoms with Gasteiger partial charge in [-0.15, -0.1) is 0 Å². The fourth-order valence-corrected chi connectivity index (χ4v) is 2.23. The van der Waals surface area contributed by atoms with Crippen molar-refractivity contribution in [1.29, 1.82) is 5.41 Å². The van der Waals surface area contributed by atoms with E-state index in [1.165, 1.54) is 0 Å². The van der Waals surface area contributed by atoms with Gasteiger partial charge >= 0.3 is 0 Å². The highest BCUT2D eigenvalue weighted by atomic mass is 15.3. The first-order valence-corrected chi connectivity index (χ1v) is 6.97. The summed E-state index contributed by atoms with van der Waals surface area (Å²) < 4.78 is 1.89. The number of aryl methyl sites for hydroxylation is 2. The molecule has 1 atom stereocenters. The summed E-state index contributed by atoms with van der Waals surface area (Å²) in [5.74, 6) is 1.79. The van der Waals surface area contributed by atoms with Crippen LogP contribution in [0.15, 0.2) is 30.3 Å². The molecular formula is C15H21N5. The second-order valence-corrected chi connectivity index (χ2v) is 4.75. The third-order valence-corrected chi connectivity index (χ3v) is 3.36. The zero-order valence-electron chi connectivity index (χ0n) is 12.0. The predicted octanol–water partition coefficient (Wildman–Crippen LogP) is 2.12. The minimum Gasteiger partial charge on any atom is -0.387 e. The molecule has 0 saturated heterocycles. The molecule has 0 aliphatic rings. The van der Waals surface area contributed by atoms with Gasteiger partial charge in [0.25, 0.3) is 0 Å². The van der Waals surface area contributed by atoms with Crippen molar-refractivity contribution in [3.8, 4) is 0 Å². The maximum absolute atomic E-state index is 7.83. The maximum Gasteiger partial charge on any atom is 0.150 e. The lowest BCUT2D eigenvalue weighted by Crippen LogP contribution is -2.26. The number of hydrogen-bond donors (Lipinski definition) is 2. The molecule has 5 nitrogen and oxygen atoms in total. The largest absolute Gasteiger partial charge is 0.387 e. The van der Waals surface area contributed by atoms with E-state index in [0.29, 0.717) is 6.54 Å². The molecule has 0 fully saturated rings. The Kier molecular flexibility index (Phi) is 4.50. The summed E-state index contributed by atoms with van der Waals surface area (Å²) in [5.41, 5.74) is 6.81. The van der Waals surface area contributed by atoms with Crippen molar-refractivity contribution >= 4 is 5.84 Å². The molecule has 0 amide bonds. The lowest BCUT2D eigenvalue weighted by Gasteiger charge is -2.16. The minimum atomic E-state index is -0.159. The Morgan fingerprint density at radius 3 is 2.50 bits per heavy atom. The van der Waals surface area contributed by atoms with Gasteiger partial charge in [0.2, 0.25) is 0 Å². The molecule has 1 aromatic heterocycles. The first kappa shape index (κ1) is 14.2.